The summed E-state index contributed by atoms with van der Waals surface area (Å²) in [5.74, 6) is 0.586. The minimum absolute atomic E-state index is 0.138. The first kappa shape index (κ1) is 20.6. The molecule has 30 heavy (non-hydrogen) atoms. The number of thiophene rings is 1. The van der Waals surface area contributed by atoms with Gasteiger partial charge < -0.3 is 9.88 Å². The molecule has 0 saturated carbocycles. The predicted molar refractivity (Wildman–Crippen MR) is 118 cm³/mol. The number of thioether (sulfide) groups is 1. The van der Waals surface area contributed by atoms with E-state index in [1.54, 1.807) is 23.7 Å². The fraction of sp³-hybridized carbons (Fsp3) is 0.381. The zero-order valence-corrected chi connectivity index (χ0v) is 18.5. The molecular formula is C21H22N6OS2. The molecule has 4 rings (SSSR count). The van der Waals surface area contributed by atoms with E-state index in [1.807, 2.05) is 30.7 Å². The van der Waals surface area contributed by atoms with E-state index < -0.39 is 0 Å². The number of nitrogens with zero attached hydrogens (tertiary/aromatic N) is 5. The lowest BCUT2D eigenvalue weighted by Gasteiger charge is -2.11. The van der Waals surface area contributed by atoms with Crippen LogP contribution < -0.4 is 5.32 Å². The summed E-state index contributed by atoms with van der Waals surface area (Å²) in [6.45, 7) is 1.84. The van der Waals surface area contributed by atoms with Crippen molar-refractivity contribution in [2.24, 2.45) is 7.05 Å². The molecule has 0 unspecified atom stereocenters. The van der Waals surface area contributed by atoms with Crippen LogP contribution in [-0.2, 0) is 24.7 Å². The van der Waals surface area contributed by atoms with E-state index in [0.29, 0.717) is 15.7 Å². The average Bonchev–Trinajstić information content (AvgIpc) is 3.18. The van der Waals surface area contributed by atoms with Crippen molar-refractivity contribution in [3.05, 3.63) is 40.5 Å². The minimum atomic E-state index is -0.383. The highest BCUT2D eigenvalue weighted by atomic mass is 32.2. The molecule has 0 spiro atoms. The van der Waals surface area contributed by atoms with Crippen LogP contribution in [0.1, 0.15) is 42.2 Å². The Bertz CT molecular complexity index is 1100. The van der Waals surface area contributed by atoms with Crippen LogP contribution in [0, 0.1) is 11.3 Å². The number of carbonyl (C=O) groups is 1. The van der Waals surface area contributed by atoms with Crippen molar-refractivity contribution in [2.45, 2.75) is 49.4 Å². The van der Waals surface area contributed by atoms with Crippen LogP contribution in [0.15, 0.2) is 29.7 Å². The Morgan fingerprint density at radius 1 is 1.27 bits per heavy atom. The quantitative estimate of drug-likeness (QED) is 0.474. The Labute approximate surface area is 183 Å². The molecule has 0 radical (unpaired) electrons. The highest BCUT2D eigenvalue weighted by molar-refractivity contribution is 8.00. The van der Waals surface area contributed by atoms with Crippen LogP contribution in [0.25, 0.3) is 11.4 Å². The maximum absolute atomic E-state index is 12.9. The molecule has 1 aliphatic rings. The van der Waals surface area contributed by atoms with E-state index in [2.05, 4.69) is 26.6 Å². The second-order valence-electron chi connectivity index (χ2n) is 7.23. The number of anilines is 1. The first-order valence-corrected chi connectivity index (χ1v) is 11.6. The van der Waals surface area contributed by atoms with E-state index in [0.717, 1.165) is 42.6 Å². The molecule has 1 amide bonds. The summed E-state index contributed by atoms with van der Waals surface area (Å²) >= 11 is 2.90. The number of nitrogens with one attached hydrogen (secondary N) is 1. The first-order chi connectivity index (χ1) is 14.6. The van der Waals surface area contributed by atoms with Crippen molar-refractivity contribution >= 4 is 34.0 Å². The van der Waals surface area contributed by atoms with Crippen LogP contribution in [0.2, 0.25) is 0 Å². The van der Waals surface area contributed by atoms with Gasteiger partial charge in [0.2, 0.25) is 5.91 Å². The summed E-state index contributed by atoms with van der Waals surface area (Å²) in [6.07, 6.45) is 8.77. The second kappa shape index (κ2) is 8.98. The Morgan fingerprint density at radius 2 is 2.03 bits per heavy atom. The first-order valence-electron chi connectivity index (χ1n) is 9.90. The number of hydrogen-bond donors (Lipinski definition) is 1. The third-order valence-electron chi connectivity index (χ3n) is 5.19. The molecule has 154 valence electrons. The average molecular weight is 439 g/mol. The van der Waals surface area contributed by atoms with Gasteiger partial charge >= 0.3 is 0 Å². The summed E-state index contributed by atoms with van der Waals surface area (Å²) in [4.78, 5) is 18.1. The van der Waals surface area contributed by atoms with E-state index in [4.69, 9.17) is 0 Å². The molecule has 3 heterocycles. The molecule has 3 aromatic rings. The number of hydrogen-bond acceptors (Lipinski definition) is 7. The Kier molecular flexibility index (Phi) is 6.16. The standard InChI is InChI=1S/C21H22N6OS2/c1-13(29-21-26-25-18(27(21)2)14-8-10-23-11-9-14)19(28)24-20-16(12-22)15-6-4-3-5-7-17(15)30-20/h8-11,13H,3-7H2,1-2H3,(H,24,28)/t13-/m1/s1. The topological polar surface area (TPSA) is 96.5 Å². The van der Waals surface area contributed by atoms with Gasteiger partial charge in [0, 0.05) is 29.9 Å². The van der Waals surface area contributed by atoms with Gasteiger partial charge in [-0.25, -0.2) is 0 Å². The maximum Gasteiger partial charge on any atom is 0.238 e. The lowest BCUT2D eigenvalue weighted by Crippen LogP contribution is -2.22. The normalized spacial score (nSPS) is 14.4. The molecule has 1 aliphatic carbocycles. The lowest BCUT2D eigenvalue weighted by molar-refractivity contribution is -0.115. The molecule has 3 aromatic heterocycles. The summed E-state index contributed by atoms with van der Waals surface area (Å²) in [5, 5.41) is 22.1. The van der Waals surface area contributed by atoms with E-state index in [1.165, 1.54) is 23.1 Å². The second-order valence-corrected chi connectivity index (χ2v) is 9.64. The molecule has 0 aromatic carbocycles. The van der Waals surface area contributed by atoms with Crippen molar-refractivity contribution in [3.8, 4) is 17.5 Å². The molecule has 0 fully saturated rings. The third kappa shape index (κ3) is 4.11. The Hall–Kier alpha value is -2.70. The lowest BCUT2D eigenvalue weighted by atomic mass is 10.1. The number of aryl methyl sites for hydroxylation is 1. The zero-order valence-electron chi connectivity index (χ0n) is 16.9. The molecule has 9 heteroatoms. The number of aromatic nitrogens is 4. The number of nitriles is 1. The SMILES string of the molecule is C[C@@H](Sc1nnc(-c2ccncc2)n1C)C(=O)Nc1sc2c(c1C#N)CCCCC2. The van der Waals surface area contributed by atoms with Crippen molar-refractivity contribution in [1.82, 2.24) is 19.7 Å². The third-order valence-corrected chi connectivity index (χ3v) is 7.54. The van der Waals surface area contributed by atoms with Crippen LogP contribution in [0.3, 0.4) is 0 Å². The van der Waals surface area contributed by atoms with Gasteiger partial charge in [-0.2, -0.15) is 5.26 Å². The maximum atomic E-state index is 12.9. The van der Waals surface area contributed by atoms with Gasteiger partial charge in [-0.15, -0.1) is 21.5 Å². The highest BCUT2D eigenvalue weighted by Crippen LogP contribution is 2.37. The van der Waals surface area contributed by atoms with E-state index >= 15 is 0 Å². The summed E-state index contributed by atoms with van der Waals surface area (Å²) in [6, 6.07) is 6.06. The fourth-order valence-corrected chi connectivity index (χ4v) is 5.60. The number of carbonyl (C=O) groups excluding carboxylic acids is 1. The number of pyridine rings is 1. The van der Waals surface area contributed by atoms with Crippen molar-refractivity contribution in [1.29, 1.82) is 5.26 Å². The number of amides is 1. The molecule has 7 nitrogen and oxygen atoms in total. The zero-order chi connectivity index (χ0) is 21.1. The van der Waals surface area contributed by atoms with Crippen LogP contribution >= 0.6 is 23.1 Å². The fourth-order valence-electron chi connectivity index (χ4n) is 3.54. The van der Waals surface area contributed by atoms with Gasteiger partial charge in [0.05, 0.1) is 10.8 Å². The summed E-state index contributed by atoms with van der Waals surface area (Å²) in [5.41, 5.74) is 2.69. The van der Waals surface area contributed by atoms with Gasteiger partial charge in [-0.05, 0) is 50.3 Å². The van der Waals surface area contributed by atoms with Crippen LogP contribution in [0.4, 0.5) is 5.00 Å². The number of fused-ring (bicyclic) bond motifs is 1. The molecular weight excluding hydrogens is 416 g/mol. The summed E-state index contributed by atoms with van der Waals surface area (Å²) in [7, 11) is 1.88. The van der Waals surface area contributed by atoms with Crippen LogP contribution in [-0.4, -0.2) is 30.9 Å². The smallest absolute Gasteiger partial charge is 0.238 e. The Balaban J connectivity index is 1.48. The molecule has 0 aliphatic heterocycles. The molecule has 0 bridgehead atoms. The van der Waals surface area contributed by atoms with Gasteiger partial charge in [0.1, 0.15) is 11.1 Å². The minimum Gasteiger partial charge on any atom is -0.316 e. The largest absolute Gasteiger partial charge is 0.316 e. The van der Waals surface area contributed by atoms with Crippen molar-refractivity contribution in [3.63, 3.8) is 0 Å². The van der Waals surface area contributed by atoms with Gasteiger partial charge in [-0.3, -0.25) is 9.78 Å². The highest BCUT2D eigenvalue weighted by Gasteiger charge is 2.24. The van der Waals surface area contributed by atoms with Gasteiger partial charge in [0.25, 0.3) is 0 Å². The van der Waals surface area contributed by atoms with Gasteiger partial charge in [0.15, 0.2) is 11.0 Å². The van der Waals surface area contributed by atoms with Gasteiger partial charge in [-0.1, -0.05) is 18.2 Å². The monoisotopic (exact) mass is 438 g/mol. The van der Waals surface area contributed by atoms with Crippen molar-refractivity contribution in [2.75, 3.05) is 5.32 Å². The van der Waals surface area contributed by atoms with E-state index in [-0.39, 0.29) is 11.2 Å². The van der Waals surface area contributed by atoms with E-state index in [9.17, 15) is 10.1 Å². The molecule has 1 N–H and O–H groups in total. The van der Waals surface area contributed by atoms with Crippen molar-refractivity contribution < 1.29 is 4.79 Å². The molecule has 0 saturated heterocycles. The Morgan fingerprint density at radius 3 is 2.80 bits per heavy atom. The summed E-state index contributed by atoms with van der Waals surface area (Å²) < 4.78 is 1.87. The molecule has 1 atom stereocenters. The van der Waals surface area contributed by atoms with Crippen LogP contribution in [0.5, 0.6) is 0 Å². The predicted octanol–water partition coefficient (Wildman–Crippen LogP) is 4.20. The number of rotatable bonds is 5.